The van der Waals surface area contributed by atoms with Gasteiger partial charge < -0.3 is 10.1 Å². The summed E-state index contributed by atoms with van der Waals surface area (Å²) in [4.78, 5) is 51.2. The Morgan fingerprint density at radius 2 is 1.91 bits per heavy atom. The molecule has 3 amide bonds. The van der Waals surface area contributed by atoms with E-state index in [4.69, 9.17) is 4.74 Å². The molecule has 2 N–H and O–H groups in total. The second kappa shape index (κ2) is 11.9. The number of esters is 1. The van der Waals surface area contributed by atoms with Crippen LogP contribution in [0.2, 0.25) is 0 Å². The van der Waals surface area contributed by atoms with Gasteiger partial charge >= 0.3 is 5.97 Å². The Bertz CT molecular complexity index is 1010. The van der Waals surface area contributed by atoms with E-state index in [1.165, 1.54) is 4.90 Å². The second-order valence-electron chi connectivity index (χ2n) is 8.07. The van der Waals surface area contributed by atoms with E-state index in [-0.39, 0.29) is 32.5 Å². The molecule has 2 aromatic carbocycles. The summed E-state index contributed by atoms with van der Waals surface area (Å²) < 4.78 is 5.04. The van der Waals surface area contributed by atoms with Crippen LogP contribution in [0.1, 0.15) is 24.5 Å². The molecule has 0 saturated carbocycles. The molecule has 0 saturated heterocycles. The molecule has 180 valence electrons. The van der Waals surface area contributed by atoms with Crippen LogP contribution in [0, 0.1) is 5.92 Å². The van der Waals surface area contributed by atoms with Crippen molar-refractivity contribution >= 4 is 29.9 Å². The first-order valence-corrected chi connectivity index (χ1v) is 11.2. The van der Waals surface area contributed by atoms with Crippen molar-refractivity contribution in [3.05, 3.63) is 65.7 Å². The van der Waals surface area contributed by atoms with Crippen LogP contribution in [0.4, 0.5) is 5.69 Å². The summed E-state index contributed by atoms with van der Waals surface area (Å²) in [5, 5.41) is 12.9. The van der Waals surface area contributed by atoms with Gasteiger partial charge in [0.1, 0.15) is 12.6 Å². The van der Waals surface area contributed by atoms with E-state index in [1.54, 1.807) is 19.1 Å². The molecule has 34 heavy (non-hydrogen) atoms. The van der Waals surface area contributed by atoms with Crippen LogP contribution >= 0.6 is 0 Å². The van der Waals surface area contributed by atoms with Gasteiger partial charge in [0.2, 0.25) is 18.2 Å². The number of ether oxygens (including phenoxy) is 1. The van der Waals surface area contributed by atoms with Gasteiger partial charge in [-0.1, -0.05) is 48.5 Å². The molecule has 9 nitrogen and oxygen atoms in total. The van der Waals surface area contributed by atoms with E-state index in [9.17, 15) is 24.4 Å². The molecule has 1 heterocycles. The van der Waals surface area contributed by atoms with Gasteiger partial charge in [-0.2, -0.15) is 0 Å². The third-order valence-corrected chi connectivity index (χ3v) is 5.68. The lowest BCUT2D eigenvalue weighted by atomic mass is 9.97. The minimum absolute atomic E-state index is 0.193. The Hall–Kier alpha value is -3.72. The van der Waals surface area contributed by atoms with Crippen LogP contribution in [0.3, 0.4) is 0 Å². The molecule has 2 aromatic rings. The van der Waals surface area contributed by atoms with Crippen molar-refractivity contribution in [3.8, 4) is 0 Å². The first-order chi connectivity index (χ1) is 16.4. The third-order valence-electron chi connectivity index (χ3n) is 5.68. The number of para-hydroxylation sites is 1. The summed E-state index contributed by atoms with van der Waals surface area (Å²) in [6.07, 6.45) is 1.37. The fourth-order valence-electron chi connectivity index (χ4n) is 4.05. The van der Waals surface area contributed by atoms with Gasteiger partial charge in [-0.05, 0) is 43.4 Å². The third kappa shape index (κ3) is 6.41. The largest absolute Gasteiger partial charge is 0.465 e. The molecule has 3 rings (SSSR count). The van der Waals surface area contributed by atoms with E-state index in [2.05, 4.69) is 5.32 Å². The minimum atomic E-state index is -0.879. The molecular weight excluding hydrogens is 438 g/mol. The van der Waals surface area contributed by atoms with Crippen molar-refractivity contribution in [2.75, 3.05) is 24.6 Å². The molecule has 0 aromatic heterocycles. The quantitative estimate of drug-likeness (QED) is 0.238. The number of amides is 3. The summed E-state index contributed by atoms with van der Waals surface area (Å²) in [6.45, 7) is 1.39. The Kier molecular flexibility index (Phi) is 8.75. The normalized spacial score (nSPS) is 16.1. The van der Waals surface area contributed by atoms with Crippen molar-refractivity contribution < 1.29 is 29.1 Å². The van der Waals surface area contributed by atoms with E-state index in [0.717, 1.165) is 11.1 Å². The van der Waals surface area contributed by atoms with Crippen molar-refractivity contribution in [1.82, 2.24) is 10.4 Å². The molecule has 0 bridgehead atoms. The van der Waals surface area contributed by atoms with Crippen molar-refractivity contribution in [1.29, 1.82) is 0 Å². The van der Waals surface area contributed by atoms with Crippen LogP contribution < -0.4 is 10.2 Å². The topological polar surface area (TPSA) is 116 Å². The SMILES string of the molecule is CCOC(=O)CN1C(=O)[C@@H](NC(=O)[C@H](Cc2ccccc2)CN(O)C=O)CCc2ccccc21. The fourth-order valence-corrected chi connectivity index (χ4v) is 4.05. The van der Waals surface area contributed by atoms with Crippen molar-refractivity contribution in [2.45, 2.75) is 32.2 Å². The lowest BCUT2D eigenvalue weighted by Crippen LogP contribution is -2.52. The maximum Gasteiger partial charge on any atom is 0.326 e. The molecular formula is C25H29N3O6. The number of anilines is 1. The van der Waals surface area contributed by atoms with Crippen molar-refractivity contribution in [2.24, 2.45) is 5.92 Å². The van der Waals surface area contributed by atoms with Crippen LogP contribution in [-0.4, -0.2) is 60.2 Å². The van der Waals surface area contributed by atoms with E-state index >= 15 is 0 Å². The van der Waals surface area contributed by atoms with Crippen molar-refractivity contribution in [3.63, 3.8) is 0 Å². The summed E-state index contributed by atoms with van der Waals surface area (Å²) in [5.74, 6) is -2.21. The summed E-state index contributed by atoms with van der Waals surface area (Å²) >= 11 is 0. The van der Waals surface area contributed by atoms with Gasteiger partial charge in [0.05, 0.1) is 19.1 Å². The van der Waals surface area contributed by atoms with E-state index in [1.807, 2.05) is 42.5 Å². The number of fused-ring (bicyclic) bond motifs is 1. The number of carbonyl (C=O) groups excluding carboxylic acids is 4. The highest BCUT2D eigenvalue weighted by Crippen LogP contribution is 2.27. The van der Waals surface area contributed by atoms with Crippen LogP contribution in [0.25, 0.3) is 0 Å². The molecule has 0 unspecified atom stereocenters. The second-order valence-corrected chi connectivity index (χ2v) is 8.07. The zero-order valence-corrected chi connectivity index (χ0v) is 19.1. The standard InChI is InChI=1S/C25H29N3O6/c1-2-34-23(30)16-28-22-11-7-6-10-19(22)12-13-21(25(28)32)26-24(31)20(15-27(33)17-29)14-18-8-4-3-5-9-18/h3-11,17,20-21,33H,2,12-16H2,1H3,(H,26,31)/t20-,21+/m1/s1. The summed E-state index contributed by atoms with van der Waals surface area (Å²) in [6, 6.07) is 15.6. The van der Waals surface area contributed by atoms with Crippen LogP contribution in [-0.2, 0) is 36.8 Å². The number of hydroxylamine groups is 2. The lowest BCUT2D eigenvalue weighted by Gasteiger charge is -2.27. The van der Waals surface area contributed by atoms with Crippen LogP contribution in [0.15, 0.2) is 54.6 Å². The molecule has 1 aliphatic rings. The molecule has 0 fully saturated rings. The number of rotatable bonds is 10. The summed E-state index contributed by atoms with van der Waals surface area (Å²) in [5.41, 5.74) is 2.35. The van der Waals surface area contributed by atoms with E-state index < -0.39 is 29.7 Å². The minimum Gasteiger partial charge on any atom is -0.465 e. The number of nitrogens with one attached hydrogen (secondary N) is 1. The predicted molar refractivity (Wildman–Crippen MR) is 124 cm³/mol. The average Bonchev–Trinajstić information content (AvgIpc) is 2.96. The zero-order chi connectivity index (χ0) is 24.5. The number of hydrogen-bond acceptors (Lipinski definition) is 6. The first kappa shape index (κ1) is 24.9. The van der Waals surface area contributed by atoms with Gasteiger partial charge in [0.15, 0.2) is 0 Å². The van der Waals surface area contributed by atoms with E-state index in [0.29, 0.717) is 23.6 Å². The molecule has 0 radical (unpaired) electrons. The Balaban J connectivity index is 1.81. The first-order valence-electron chi connectivity index (χ1n) is 11.2. The molecule has 9 heteroatoms. The summed E-state index contributed by atoms with van der Waals surface area (Å²) in [7, 11) is 0. The number of carbonyl (C=O) groups is 4. The maximum absolute atomic E-state index is 13.4. The smallest absolute Gasteiger partial charge is 0.326 e. The average molecular weight is 468 g/mol. The molecule has 1 aliphatic heterocycles. The highest BCUT2D eigenvalue weighted by atomic mass is 16.5. The predicted octanol–water partition coefficient (Wildman–Crippen LogP) is 1.72. The Labute approximate surface area is 198 Å². The molecule has 0 aliphatic carbocycles. The van der Waals surface area contributed by atoms with Gasteiger partial charge in [-0.15, -0.1) is 0 Å². The lowest BCUT2D eigenvalue weighted by molar-refractivity contribution is -0.154. The van der Waals surface area contributed by atoms with Gasteiger partial charge in [-0.3, -0.25) is 29.3 Å². The number of nitrogens with zero attached hydrogens (tertiary/aromatic N) is 2. The number of hydrogen-bond donors (Lipinski definition) is 2. The highest BCUT2D eigenvalue weighted by Gasteiger charge is 2.34. The molecule has 0 spiro atoms. The maximum atomic E-state index is 13.4. The highest BCUT2D eigenvalue weighted by molar-refractivity contribution is 6.03. The zero-order valence-electron chi connectivity index (χ0n) is 19.1. The number of aryl methyl sites for hydroxylation is 1. The van der Waals surface area contributed by atoms with Gasteiger partial charge in [0.25, 0.3) is 0 Å². The van der Waals surface area contributed by atoms with Gasteiger partial charge in [-0.25, -0.2) is 5.06 Å². The Morgan fingerprint density at radius 1 is 1.21 bits per heavy atom. The van der Waals surface area contributed by atoms with Gasteiger partial charge in [0, 0.05) is 5.69 Å². The molecule has 2 atom stereocenters. The number of benzene rings is 2. The fraction of sp³-hybridized carbons (Fsp3) is 0.360. The Morgan fingerprint density at radius 3 is 2.62 bits per heavy atom. The van der Waals surface area contributed by atoms with Crippen LogP contribution in [0.5, 0.6) is 0 Å². The monoisotopic (exact) mass is 467 g/mol.